The summed E-state index contributed by atoms with van der Waals surface area (Å²) in [5.74, 6) is 0.144. The Morgan fingerprint density at radius 2 is 1.64 bits per heavy atom. The lowest BCUT2D eigenvalue weighted by atomic mass is 10.2. The summed E-state index contributed by atoms with van der Waals surface area (Å²) in [6.07, 6.45) is 0. The molecule has 78 valence electrons. The number of aryl methyl sites for hydroxylation is 1. The van der Waals surface area contributed by atoms with Crippen LogP contribution in [0.4, 0.5) is 0 Å². The van der Waals surface area contributed by atoms with Crippen LogP contribution in [0.3, 0.4) is 0 Å². The molecule has 0 fully saturated rings. The van der Waals surface area contributed by atoms with Gasteiger partial charge in [-0.2, -0.15) is 0 Å². The van der Waals surface area contributed by atoms with Crippen LogP contribution in [-0.4, -0.2) is 13.7 Å². The van der Waals surface area contributed by atoms with Crippen molar-refractivity contribution in [3.05, 3.63) is 35.4 Å². The molecule has 0 atom stereocenters. The van der Waals surface area contributed by atoms with Crippen LogP contribution in [0.15, 0.2) is 24.3 Å². The Kier molecular flexibility index (Phi) is 3.32. The number of benzene rings is 1. The molecule has 0 aromatic heterocycles. The van der Waals surface area contributed by atoms with E-state index in [1.165, 1.54) is 0 Å². The number of rotatable bonds is 3. The van der Waals surface area contributed by atoms with Gasteiger partial charge in [-0.15, -0.1) is 0 Å². The van der Waals surface area contributed by atoms with Gasteiger partial charge >= 0.3 is 0 Å². The third kappa shape index (κ3) is 2.84. The minimum atomic E-state index is -2.96. The number of sulfone groups is 1. The lowest BCUT2D eigenvalue weighted by molar-refractivity contribution is 0.586. The summed E-state index contributed by atoms with van der Waals surface area (Å²) in [6, 6.07) is 7.61. The molecule has 0 spiro atoms. The Balaban J connectivity index is 2.85. The van der Waals surface area contributed by atoms with Crippen molar-refractivity contribution < 1.29 is 8.42 Å². The molecule has 0 N–H and O–H groups in total. The first-order valence-electron chi connectivity index (χ1n) is 4.69. The molecule has 0 saturated carbocycles. The molecule has 0 heterocycles. The molecular weight excluding hydrogens is 196 g/mol. The molecule has 0 aliphatic heterocycles. The van der Waals surface area contributed by atoms with Gasteiger partial charge in [-0.05, 0) is 26.3 Å². The van der Waals surface area contributed by atoms with Crippen LogP contribution in [0.2, 0.25) is 0 Å². The molecule has 1 rings (SSSR count). The van der Waals surface area contributed by atoms with Crippen molar-refractivity contribution >= 4 is 9.84 Å². The molecular formula is C11H16O2S. The summed E-state index contributed by atoms with van der Waals surface area (Å²) in [4.78, 5) is 0. The van der Waals surface area contributed by atoms with Crippen molar-refractivity contribution in [1.29, 1.82) is 0 Å². The van der Waals surface area contributed by atoms with Crippen LogP contribution in [0.25, 0.3) is 0 Å². The molecule has 2 nitrogen and oxygen atoms in total. The van der Waals surface area contributed by atoms with Crippen molar-refractivity contribution in [2.24, 2.45) is 0 Å². The van der Waals surface area contributed by atoms with Crippen LogP contribution < -0.4 is 0 Å². The second kappa shape index (κ2) is 4.13. The Bertz CT molecular complexity index is 388. The summed E-state index contributed by atoms with van der Waals surface area (Å²) in [5, 5.41) is -0.302. The Morgan fingerprint density at radius 3 is 2.07 bits per heavy atom. The van der Waals surface area contributed by atoms with Gasteiger partial charge in [-0.25, -0.2) is 8.42 Å². The van der Waals surface area contributed by atoms with Gasteiger partial charge in [0, 0.05) is 0 Å². The average Bonchev–Trinajstić information content (AvgIpc) is 2.08. The second-order valence-corrected chi connectivity index (χ2v) is 6.40. The Morgan fingerprint density at radius 1 is 1.14 bits per heavy atom. The van der Waals surface area contributed by atoms with Gasteiger partial charge in [0.25, 0.3) is 0 Å². The summed E-state index contributed by atoms with van der Waals surface area (Å²) in [5.41, 5.74) is 2.01. The third-order valence-electron chi connectivity index (χ3n) is 2.21. The smallest absolute Gasteiger partial charge is 0.156 e. The maximum Gasteiger partial charge on any atom is 0.156 e. The maximum atomic E-state index is 11.6. The van der Waals surface area contributed by atoms with Gasteiger partial charge in [0.1, 0.15) is 0 Å². The summed E-state index contributed by atoms with van der Waals surface area (Å²) in [6.45, 7) is 5.41. The van der Waals surface area contributed by atoms with E-state index in [2.05, 4.69) is 0 Å². The van der Waals surface area contributed by atoms with E-state index in [0.29, 0.717) is 0 Å². The first-order chi connectivity index (χ1) is 6.42. The minimum absolute atomic E-state index is 0.144. The largest absolute Gasteiger partial charge is 0.228 e. The summed E-state index contributed by atoms with van der Waals surface area (Å²) in [7, 11) is -2.96. The second-order valence-electron chi connectivity index (χ2n) is 3.84. The molecule has 0 aliphatic carbocycles. The highest BCUT2D eigenvalue weighted by atomic mass is 32.2. The lowest BCUT2D eigenvalue weighted by Gasteiger charge is -2.07. The fourth-order valence-corrected chi connectivity index (χ4v) is 2.07. The van der Waals surface area contributed by atoms with Crippen LogP contribution in [0.1, 0.15) is 25.0 Å². The summed E-state index contributed by atoms with van der Waals surface area (Å²) < 4.78 is 23.2. The lowest BCUT2D eigenvalue weighted by Crippen LogP contribution is -2.15. The van der Waals surface area contributed by atoms with Crippen molar-refractivity contribution in [3.8, 4) is 0 Å². The standard InChI is InChI=1S/C11H16O2S/c1-9(2)14(12,13)8-11-6-4-10(3)5-7-11/h4-7,9H,8H2,1-3H3. The minimum Gasteiger partial charge on any atom is -0.228 e. The SMILES string of the molecule is Cc1ccc(CS(=O)(=O)C(C)C)cc1. The number of hydrogen-bond acceptors (Lipinski definition) is 2. The van der Waals surface area contributed by atoms with Crippen LogP contribution in [-0.2, 0) is 15.6 Å². The van der Waals surface area contributed by atoms with E-state index >= 15 is 0 Å². The fourth-order valence-electron chi connectivity index (χ4n) is 1.08. The summed E-state index contributed by atoms with van der Waals surface area (Å²) >= 11 is 0. The molecule has 1 aromatic rings. The van der Waals surface area contributed by atoms with Crippen molar-refractivity contribution in [2.75, 3.05) is 0 Å². The van der Waals surface area contributed by atoms with Gasteiger partial charge in [-0.1, -0.05) is 29.8 Å². The quantitative estimate of drug-likeness (QED) is 0.770. The monoisotopic (exact) mass is 212 g/mol. The highest BCUT2D eigenvalue weighted by Crippen LogP contribution is 2.11. The van der Waals surface area contributed by atoms with Gasteiger partial charge in [-0.3, -0.25) is 0 Å². The fraction of sp³-hybridized carbons (Fsp3) is 0.455. The van der Waals surface area contributed by atoms with E-state index < -0.39 is 9.84 Å². The van der Waals surface area contributed by atoms with Crippen molar-refractivity contribution in [3.63, 3.8) is 0 Å². The first kappa shape index (κ1) is 11.2. The van der Waals surface area contributed by atoms with E-state index in [4.69, 9.17) is 0 Å². The first-order valence-corrected chi connectivity index (χ1v) is 6.40. The van der Waals surface area contributed by atoms with E-state index in [-0.39, 0.29) is 11.0 Å². The Labute approximate surface area is 85.9 Å². The van der Waals surface area contributed by atoms with Crippen LogP contribution in [0.5, 0.6) is 0 Å². The molecule has 14 heavy (non-hydrogen) atoms. The molecule has 1 aromatic carbocycles. The van der Waals surface area contributed by atoms with Crippen LogP contribution in [0, 0.1) is 6.92 Å². The Hall–Kier alpha value is -0.830. The highest BCUT2D eigenvalue weighted by Gasteiger charge is 2.16. The van der Waals surface area contributed by atoms with Crippen LogP contribution >= 0.6 is 0 Å². The predicted octanol–water partition coefficient (Wildman–Crippen LogP) is 2.32. The van der Waals surface area contributed by atoms with Gasteiger partial charge < -0.3 is 0 Å². The van der Waals surface area contributed by atoms with E-state index in [1.807, 2.05) is 31.2 Å². The van der Waals surface area contributed by atoms with Crippen molar-refractivity contribution in [1.82, 2.24) is 0 Å². The van der Waals surface area contributed by atoms with Gasteiger partial charge in [0.05, 0.1) is 11.0 Å². The zero-order valence-corrected chi connectivity index (χ0v) is 9.64. The van der Waals surface area contributed by atoms with Gasteiger partial charge in [0.15, 0.2) is 9.84 Å². The number of hydrogen-bond donors (Lipinski definition) is 0. The topological polar surface area (TPSA) is 34.1 Å². The highest BCUT2D eigenvalue weighted by molar-refractivity contribution is 7.91. The molecule has 0 unspecified atom stereocenters. The van der Waals surface area contributed by atoms with Gasteiger partial charge in [0.2, 0.25) is 0 Å². The van der Waals surface area contributed by atoms with E-state index in [0.717, 1.165) is 11.1 Å². The molecule has 0 bridgehead atoms. The van der Waals surface area contributed by atoms with E-state index in [9.17, 15) is 8.42 Å². The molecule has 0 radical (unpaired) electrons. The van der Waals surface area contributed by atoms with Crippen molar-refractivity contribution in [2.45, 2.75) is 31.8 Å². The third-order valence-corrected chi connectivity index (χ3v) is 4.38. The maximum absolute atomic E-state index is 11.6. The predicted molar refractivity (Wildman–Crippen MR) is 58.9 cm³/mol. The normalized spacial score (nSPS) is 12.0. The molecule has 3 heteroatoms. The molecule has 0 saturated heterocycles. The average molecular weight is 212 g/mol. The zero-order valence-electron chi connectivity index (χ0n) is 8.82. The zero-order chi connectivity index (χ0) is 10.8. The van der Waals surface area contributed by atoms with E-state index in [1.54, 1.807) is 13.8 Å². The molecule has 0 amide bonds. The molecule has 0 aliphatic rings.